The molecule has 5 heteroatoms. The van der Waals surface area contributed by atoms with E-state index in [4.69, 9.17) is 0 Å². The van der Waals surface area contributed by atoms with Gasteiger partial charge in [0.2, 0.25) is 0 Å². The summed E-state index contributed by atoms with van der Waals surface area (Å²) in [4.78, 5) is 0. The maximum absolute atomic E-state index is 12.4. The van der Waals surface area contributed by atoms with Gasteiger partial charge in [0.05, 0.1) is 32.6 Å². The summed E-state index contributed by atoms with van der Waals surface area (Å²) in [6, 6.07) is 3.73. The van der Waals surface area contributed by atoms with Gasteiger partial charge in [0, 0.05) is 12.1 Å². The Morgan fingerprint density at radius 2 is 1.50 bits per heavy atom. The maximum Gasteiger partial charge on any atom is 0.169 e. The standard InChI is InChI=1S/C15H27FN2.2BrH/c1-4-18(5-2,6-3)13-7-10-17-11-8-15(14-16)9-12-17;;/h8-9,11-12H,4-7,10,13-14H2,1-3H3;2*1H/q+2;;/p-2. The molecule has 0 aromatic carbocycles. The highest BCUT2D eigenvalue weighted by molar-refractivity contribution is 5.04. The fourth-order valence-corrected chi connectivity index (χ4v) is 2.46. The SMILES string of the molecule is CC[N+](CC)(CC)CCC[n+]1ccc(CF)cc1.[Br-].[Br-]. The Morgan fingerprint density at radius 1 is 1.00 bits per heavy atom. The highest BCUT2D eigenvalue weighted by Gasteiger charge is 2.20. The average Bonchev–Trinajstić information content (AvgIpc) is 2.45. The van der Waals surface area contributed by atoms with E-state index in [9.17, 15) is 4.39 Å². The summed E-state index contributed by atoms with van der Waals surface area (Å²) in [5, 5.41) is 0. The number of aryl methyl sites for hydroxylation is 1. The van der Waals surface area contributed by atoms with Crippen molar-refractivity contribution in [2.24, 2.45) is 0 Å². The van der Waals surface area contributed by atoms with Crippen LogP contribution in [0.2, 0.25) is 0 Å². The van der Waals surface area contributed by atoms with Gasteiger partial charge in [-0.2, -0.15) is 0 Å². The van der Waals surface area contributed by atoms with Crippen molar-refractivity contribution in [3.63, 3.8) is 0 Å². The van der Waals surface area contributed by atoms with Crippen LogP contribution in [-0.4, -0.2) is 30.7 Å². The van der Waals surface area contributed by atoms with Crippen molar-refractivity contribution in [3.8, 4) is 0 Å². The lowest BCUT2D eigenvalue weighted by Gasteiger charge is -2.35. The predicted molar refractivity (Wildman–Crippen MR) is 72.8 cm³/mol. The Bertz CT molecular complexity index is 332. The van der Waals surface area contributed by atoms with Crippen LogP contribution in [0.3, 0.4) is 0 Å². The fourth-order valence-electron chi connectivity index (χ4n) is 2.46. The molecule has 0 fully saturated rings. The summed E-state index contributed by atoms with van der Waals surface area (Å²) in [5.74, 6) is 0. The zero-order valence-electron chi connectivity index (χ0n) is 12.8. The first-order valence-corrected chi connectivity index (χ1v) is 7.08. The fraction of sp³-hybridized carbons (Fsp3) is 0.667. The largest absolute Gasteiger partial charge is 1.00 e. The molecule has 0 spiro atoms. The van der Waals surface area contributed by atoms with Crippen molar-refractivity contribution >= 4 is 0 Å². The molecular formula is C15H27Br2FN2. The lowest BCUT2D eigenvalue weighted by molar-refractivity contribution is -0.925. The minimum absolute atomic E-state index is 0. The van der Waals surface area contributed by atoms with Crippen LogP contribution in [0.1, 0.15) is 32.8 Å². The topological polar surface area (TPSA) is 3.88 Å². The van der Waals surface area contributed by atoms with Gasteiger partial charge in [-0.25, -0.2) is 8.96 Å². The van der Waals surface area contributed by atoms with Crippen LogP contribution < -0.4 is 38.5 Å². The van der Waals surface area contributed by atoms with Crippen molar-refractivity contribution in [2.75, 3.05) is 26.2 Å². The highest BCUT2D eigenvalue weighted by atomic mass is 79.9. The Balaban J connectivity index is 0. The summed E-state index contributed by atoms with van der Waals surface area (Å²) < 4.78 is 15.7. The number of aromatic nitrogens is 1. The maximum atomic E-state index is 12.4. The zero-order chi connectivity index (χ0) is 13.4. The number of rotatable bonds is 8. The first kappa shape index (κ1) is 22.3. The van der Waals surface area contributed by atoms with E-state index in [0.717, 1.165) is 12.1 Å². The van der Waals surface area contributed by atoms with Crippen LogP contribution in [0, 0.1) is 0 Å². The molecular weight excluding hydrogens is 387 g/mol. The molecule has 0 aliphatic carbocycles. The normalized spacial score (nSPS) is 10.6. The van der Waals surface area contributed by atoms with Gasteiger partial charge in [0.15, 0.2) is 18.9 Å². The highest BCUT2D eigenvalue weighted by Crippen LogP contribution is 2.07. The first-order chi connectivity index (χ1) is 8.69. The molecule has 0 aliphatic heterocycles. The molecule has 20 heavy (non-hydrogen) atoms. The Kier molecular flexibility index (Phi) is 13.0. The van der Waals surface area contributed by atoms with Gasteiger partial charge in [-0.05, 0) is 26.3 Å². The van der Waals surface area contributed by atoms with Crippen molar-refractivity contribution in [1.82, 2.24) is 0 Å². The number of hydrogen-bond donors (Lipinski definition) is 0. The number of pyridine rings is 1. The summed E-state index contributed by atoms with van der Waals surface area (Å²) in [6.07, 6.45) is 5.13. The summed E-state index contributed by atoms with van der Waals surface area (Å²) in [7, 11) is 0. The molecule has 1 aromatic heterocycles. The van der Waals surface area contributed by atoms with Gasteiger partial charge >= 0.3 is 0 Å². The number of quaternary nitrogens is 1. The molecule has 1 aromatic rings. The number of nitrogens with zero attached hydrogens (tertiary/aromatic N) is 2. The van der Waals surface area contributed by atoms with Crippen molar-refractivity contribution in [2.45, 2.75) is 40.4 Å². The molecule has 0 saturated heterocycles. The van der Waals surface area contributed by atoms with E-state index < -0.39 is 0 Å². The molecule has 1 heterocycles. The molecule has 0 aliphatic rings. The van der Waals surface area contributed by atoms with E-state index in [2.05, 4.69) is 25.3 Å². The Morgan fingerprint density at radius 3 is 1.90 bits per heavy atom. The number of hydrogen-bond acceptors (Lipinski definition) is 0. The molecule has 118 valence electrons. The van der Waals surface area contributed by atoms with Gasteiger partial charge in [-0.3, -0.25) is 0 Å². The van der Waals surface area contributed by atoms with E-state index in [1.807, 2.05) is 24.5 Å². The lowest BCUT2D eigenvalue weighted by atomic mass is 10.2. The first-order valence-electron chi connectivity index (χ1n) is 7.08. The predicted octanol–water partition coefficient (Wildman–Crippen LogP) is -3.28. The molecule has 0 unspecified atom stereocenters. The minimum Gasteiger partial charge on any atom is -1.00 e. The quantitative estimate of drug-likeness (QED) is 0.311. The van der Waals surface area contributed by atoms with Gasteiger partial charge in [0.1, 0.15) is 6.67 Å². The van der Waals surface area contributed by atoms with Gasteiger partial charge < -0.3 is 38.4 Å². The van der Waals surface area contributed by atoms with Crippen molar-refractivity contribution in [3.05, 3.63) is 30.1 Å². The van der Waals surface area contributed by atoms with Gasteiger partial charge in [-0.1, -0.05) is 0 Å². The second kappa shape index (κ2) is 11.6. The molecule has 2 nitrogen and oxygen atoms in total. The summed E-state index contributed by atoms with van der Waals surface area (Å²) in [5.41, 5.74) is 0.757. The third-order valence-corrected chi connectivity index (χ3v) is 4.18. The molecule has 1 rings (SSSR count). The lowest BCUT2D eigenvalue weighted by Crippen LogP contribution is -3.00. The van der Waals surface area contributed by atoms with Crippen LogP contribution in [0.15, 0.2) is 24.5 Å². The number of alkyl halides is 1. The van der Waals surface area contributed by atoms with Crippen LogP contribution in [0.25, 0.3) is 0 Å². The van der Waals surface area contributed by atoms with Crippen LogP contribution >= 0.6 is 0 Å². The third-order valence-electron chi connectivity index (χ3n) is 4.18. The van der Waals surface area contributed by atoms with Crippen LogP contribution in [0.5, 0.6) is 0 Å². The van der Waals surface area contributed by atoms with Gasteiger partial charge in [0.25, 0.3) is 0 Å². The minimum atomic E-state index is -0.373. The monoisotopic (exact) mass is 412 g/mol. The molecule has 0 radical (unpaired) electrons. The number of halogens is 3. The summed E-state index contributed by atoms with van der Waals surface area (Å²) >= 11 is 0. The van der Waals surface area contributed by atoms with Crippen LogP contribution in [0.4, 0.5) is 4.39 Å². The zero-order valence-corrected chi connectivity index (χ0v) is 16.0. The van der Waals surface area contributed by atoms with Crippen molar-refractivity contribution < 1.29 is 47.4 Å². The van der Waals surface area contributed by atoms with E-state index in [-0.39, 0.29) is 40.6 Å². The van der Waals surface area contributed by atoms with Gasteiger partial charge in [-0.15, -0.1) is 0 Å². The smallest absolute Gasteiger partial charge is 0.169 e. The average molecular weight is 414 g/mol. The van der Waals surface area contributed by atoms with Crippen molar-refractivity contribution in [1.29, 1.82) is 0 Å². The van der Waals surface area contributed by atoms with E-state index in [0.29, 0.717) is 0 Å². The molecule has 0 bridgehead atoms. The van der Waals surface area contributed by atoms with Crippen LogP contribution in [-0.2, 0) is 13.2 Å². The second-order valence-electron chi connectivity index (χ2n) is 4.95. The second-order valence-corrected chi connectivity index (χ2v) is 4.95. The molecule has 0 atom stereocenters. The Hall–Kier alpha value is 0. The Labute approximate surface area is 144 Å². The molecule has 0 amide bonds. The van der Waals surface area contributed by atoms with E-state index >= 15 is 0 Å². The van der Waals surface area contributed by atoms with E-state index in [1.54, 1.807) is 0 Å². The summed E-state index contributed by atoms with van der Waals surface area (Å²) in [6.45, 7) is 12.3. The molecule has 0 saturated carbocycles. The third kappa shape index (κ3) is 6.64. The molecule has 0 N–H and O–H groups in total. The van der Waals surface area contributed by atoms with E-state index in [1.165, 1.54) is 37.1 Å².